The van der Waals surface area contributed by atoms with Crippen molar-refractivity contribution in [3.63, 3.8) is 0 Å². The molecule has 0 bridgehead atoms. The molecule has 1 aromatic heterocycles. The molecule has 0 amide bonds. The van der Waals surface area contributed by atoms with E-state index in [1.165, 1.54) is 83.5 Å². The summed E-state index contributed by atoms with van der Waals surface area (Å²) >= 11 is 0. The van der Waals surface area contributed by atoms with Gasteiger partial charge < -0.3 is 4.42 Å². The molecule has 0 spiro atoms. The maximum Gasteiger partial charge on any atom is 0.135 e. The van der Waals surface area contributed by atoms with Crippen LogP contribution in [0.5, 0.6) is 0 Å². The summed E-state index contributed by atoms with van der Waals surface area (Å²) in [4.78, 5) is 0. The molecule has 0 aliphatic rings. The van der Waals surface area contributed by atoms with Gasteiger partial charge in [-0.3, -0.25) is 0 Å². The largest absolute Gasteiger partial charge is 0.456 e. The van der Waals surface area contributed by atoms with E-state index >= 15 is 0 Å². The van der Waals surface area contributed by atoms with Gasteiger partial charge in [-0.1, -0.05) is 218 Å². The van der Waals surface area contributed by atoms with E-state index in [1.807, 2.05) is 12.1 Å². The Morgan fingerprint density at radius 1 is 0.210 bits per heavy atom. The first-order chi connectivity index (χ1) is 30.7. The molecule has 0 aliphatic carbocycles. The van der Waals surface area contributed by atoms with E-state index in [1.54, 1.807) is 0 Å². The summed E-state index contributed by atoms with van der Waals surface area (Å²) < 4.78 is 6.12. The molecule has 0 aliphatic heterocycles. The zero-order valence-corrected chi connectivity index (χ0v) is 34.2. The van der Waals surface area contributed by atoms with Crippen molar-refractivity contribution in [1.29, 1.82) is 0 Å². The van der Waals surface area contributed by atoms with Crippen LogP contribution < -0.4 is 0 Å². The van der Waals surface area contributed by atoms with Crippen LogP contribution in [0.3, 0.4) is 0 Å². The number of rotatable bonds is 9. The van der Waals surface area contributed by atoms with Gasteiger partial charge in [-0.05, 0) is 114 Å². The molecule has 11 rings (SSSR count). The Morgan fingerprint density at radius 2 is 0.516 bits per heavy atom. The van der Waals surface area contributed by atoms with Crippen LogP contribution >= 0.6 is 0 Å². The van der Waals surface area contributed by atoms with Crippen LogP contribution in [0.15, 0.2) is 253 Å². The lowest BCUT2D eigenvalue weighted by Gasteiger charge is -2.20. The fraction of sp³-hybridized carbons (Fsp3) is 0.0164. The quantitative estimate of drug-likeness (QED) is 0.133. The molecule has 0 N–H and O–H groups in total. The normalized spacial score (nSPS) is 11.8. The molecule has 1 atom stereocenters. The Morgan fingerprint density at radius 3 is 1.00 bits per heavy atom. The number of fused-ring (bicyclic) bond motifs is 3. The number of hydrogen-bond acceptors (Lipinski definition) is 1. The highest BCUT2D eigenvalue weighted by atomic mass is 16.3. The molecule has 11 aromatic rings. The SMILES string of the molecule is c1ccc(-c2ccc(-c3ccc(C(c4ccc(-c5cccc(-c6ccccc6)c5)cc4)c4ccc(-c5cccc(-c6ccc7oc8ccccc8c7c6)c5)cc4)cc3)cc2)cc1. The molecule has 62 heavy (non-hydrogen) atoms. The highest BCUT2D eigenvalue weighted by molar-refractivity contribution is 6.06. The lowest BCUT2D eigenvalue weighted by atomic mass is 9.83. The van der Waals surface area contributed by atoms with Gasteiger partial charge in [0.25, 0.3) is 0 Å². The fourth-order valence-corrected chi connectivity index (χ4v) is 8.96. The first kappa shape index (κ1) is 37.0. The molecule has 1 heteroatoms. The molecule has 0 saturated heterocycles. The lowest BCUT2D eigenvalue weighted by Crippen LogP contribution is -2.03. The van der Waals surface area contributed by atoms with E-state index in [0.29, 0.717) is 0 Å². The highest BCUT2D eigenvalue weighted by Crippen LogP contribution is 2.38. The standard InChI is InChI=1S/C61H42O/c1-3-11-42(12-4-1)44-21-23-45(24-22-44)46-25-31-49(32-26-46)61(50-33-27-47(28-34-50)53-16-9-15-52(39-53)43-13-5-2-6-14-43)51-35-29-48(30-36-51)54-17-10-18-55(40-54)56-37-38-60-58(41-56)57-19-7-8-20-59(57)62-60/h1-41,61H. The number of hydrogen-bond donors (Lipinski definition) is 0. The van der Waals surface area contributed by atoms with Crippen molar-refractivity contribution in [2.24, 2.45) is 0 Å². The van der Waals surface area contributed by atoms with Gasteiger partial charge in [0.1, 0.15) is 11.2 Å². The van der Waals surface area contributed by atoms with Crippen LogP contribution in [-0.4, -0.2) is 0 Å². The smallest absolute Gasteiger partial charge is 0.135 e. The summed E-state index contributed by atoms with van der Waals surface area (Å²) in [7, 11) is 0. The molecule has 292 valence electrons. The lowest BCUT2D eigenvalue weighted by molar-refractivity contribution is 0.669. The summed E-state index contributed by atoms with van der Waals surface area (Å²) in [6.45, 7) is 0. The van der Waals surface area contributed by atoms with Gasteiger partial charge in [0.05, 0.1) is 0 Å². The summed E-state index contributed by atoms with van der Waals surface area (Å²) in [5, 5.41) is 2.28. The molecule has 0 radical (unpaired) electrons. The Labute approximate surface area is 362 Å². The van der Waals surface area contributed by atoms with Crippen LogP contribution in [0, 0.1) is 0 Å². The van der Waals surface area contributed by atoms with E-state index in [4.69, 9.17) is 4.42 Å². The minimum atomic E-state index is 0.0473. The molecular formula is C61H42O. The average Bonchev–Trinajstić information content (AvgIpc) is 3.74. The number of benzene rings is 10. The maximum atomic E-state index is 6.12. The predicted molar refractivity (Wildman–Crippen MR) is 260 cm³/mol. The van der Waals surface area contributed by atoms with E-state index in [-0.39, 0.29) is 5.92 Å². The van der Waals surface area contributed by atoms with E-state index in [0.717, 1.165) is 21.9 Å². The third-order valence-corrected chi connectivity index (χ3v) is 12.3. The first-order valence-corrected chi connectivity index (χ1v) is 21.3. The van der Waals surface area contributed by atoms with E-state index in [2.05, 4.69) is 237 Å². The molecular weight excluding hydrogens is 749 g/mol. The van der Waals surface area contributed by atoms with Crippen molar-refractivity contribution in [2.75, 3.05) is 0 Å². The van der Waals surface area contributed by atoms with Crippen molar-refractivity contribution >= 4 is 21.9 Å². The van der Waals surface area contributed by atoms with E-state index in [9.17, 15) is 0 Å². The average molecular weight is 791 g/mol. The first-order valence-electron chi connectivity index (χ1n) is 21.3. The van der Waals surface area contributed by atoms with E-state index < -0.39 is 0 Å². The van der Waals surface area contributed by atoms with Crippen molar-refractivity contribution in [1.82, 2.24) is 0 Å². The van der Waals surface area contributed by atoms with Crippen LogP contribution in [0.25, 0.3) is 88.7 Å². The Kier molecular flexibility index (Phi) is 9.69. The van der Waals surface area contributed by atoms with Crippen molar-refractivity contribution in [2.45, 2.75) is 5.92 Å². The van der Waals surface area contributed by atoms with Crippen molar-refractivity contribution in [3.05, 3.63) is 265 Å². The topological polar surface area (TPSA) is 13.1 Å². The van der Waals surface area contributed by atoms with Gasteiger partial charge in [0.15, 0.2) is 0 Å². The second kappa shape index (κ2) is 16.2. The molecule has 10 aromatic carbocycles. The zero-order chi connectivity index (χ0) is 41.2. The van der Waals surface area contributed by atoms with Crippen LogP contribution in [0.4, 0.5) is 0 Å². The second-order valence-corrected chi connectivity index (χ2v) is 16.1. The highest BCUT2D eigenvalue weighted by Gasteiger charge is 2.18. The third-order valence-electron chi connectivity index (χ3n) is 12.3. The summed E-state index contributed by atoms with van der Waals surface area (Å²) in [5.41, 5.74) is 20.0. The number of furan rings is 1. The summed E-state index contributed by atoms with van der Waals surface area (Å²) in [6, 6.07) is 90.0. The minimum Gasteiger partial charge on any atom is -0.456 e. The van der Waals surface area contributed by atoms with Crippen LogP contribution in [0.1, 0.15) is 22.6 Å². The Bertz CT molecular complexity index is 3290. The fourth-order valence-electron chi connectivity index (χ4n) is 8.96. The molecule has 0 saturated carbocycles. The van der Waals surface area contributed by atoms with Crippen molar-refractivity contribution in [3.8, 4) is 66.8 Å². The molecule has 1 nitrogen and oxygen atoms in total. The van der Waals surface area contributed by atoms with Gasteiger partial charge in [-0.15, -0.1) is 0 Å². The Hall–Kier alpha value is -8.00. The van der Waals surface area contributed by atoms with Crippen LogP contribution in [-0.2, 0) is 0 Å². The zero-order valence-electron chi connectivity index (χ0n) is 34.2. The summed E-state index contributed by atoms with van der Waals surface area (Å²) in [6.07, 6.45) is 0. The minimum absolute atomic E-state index is 0.0473. The second-order valence-electron chi connectivity index (χ2n) is 16.1. The van der Waals surface area contributed by atoms with Gasteiger partial charge in [-0.2, -0.15) is 0 Å². The molecule has 1 unspecified atom stereocenters. The predicted octanol–water partition coefficient (Wildman–Crippen LogP) is 16.8. The van der Waals surface area contributed by atoms with Crippen molar-refractivity contribution < 1.29 is 4.42 Å². The third kappa shape index (κ3) is 7.31. The summed E-state index contributed by atoms with van der Waals surface area (Å²) in [5.74, 6) is 0.0473. The monoisotopic (exact) mass is 790 g/mol. The number of para-hydroxylation sites is 1. The Balaban J connectivity index is 0.919. The van der Waals surface area contributed by atoms with Gasteiger partial charge >= 0.3 is 0 Å². The van der Waals surface area contributed by atoms with Gasteiger partial charge in [-0.25, -0.2) is 0 Å². The molecule has 0 fully saturated rings. The van der Waals surface area contributed by atoms with Gasteiger partial charge in [0.2, 0.25) is 0 Å². The van der Waals surface area contributed by atoms with Crippen LogP contribution in [0.2, 0.25) is 0 Å². The maximum absolute atomic E-state index is 6.12. The molecule has 1 heterocycles. The van der Waals surface area contributed by atoms with Gasteiger partial charge in [0, 0.05) is 16.7 Å².